The van der Waals surface area contributed by atoms with Crippen LogP contribution >= 0.6 is 11.3 Å². The Morgan fingerprint density at radius 1 is 1.10 bits per heavy atom. The Morgan fingerprint density at radius 2 is 1.76 bits per heavy atom. The van der Waals surface area contributed by atoms with Gasteiger partial charge in [0.25, 0.3) is 11.8 Å². The maximum absolute atomic E-state index is 12.6. The molecule has 1 saturated heterocycles. The smallest absolute Gasteiger partial charge is 0.262 e. The SMILES string of the molecule is CC1CCN([C@H](CNC(=O)CN2C(=O)c3ccccc3C2=O)c2cccs2)CC1. The minimum Gasteiger partial charge on any atom is -0.353 e. The molecule has 2 aliphatic heterocycles. The van der Waals surface area contributed by atoms with Gasteiger partial charge in [0.2, 0.25) is 5.91 Å². The molecule has 0 spiro atoms. The number of nitrogens with zero attached hydrogens (tertiary/aromatic N) is 2. The molecule has 3 amide bonds. The first-order chi connectivity index (χ1) is 14.0. The van der Waals surface area contributed by atoms with Gasteiger partial charge in [0.1, 0.15) is 6.54 Å². The van der Waals surface area contributed by atoms with Crippen molar-refractivity contribution in [1.82, 2.24) is 15.1 Å². The molecule has 3 heterocycles. The zero-order valence-corrected chi connectivity index (χ0v) is 17.3. The largest absolute Gasteiger partial charge is 0.353 e. The molecule has 0 aliphatic carbocycles. The summed E-state index contributed by atoms with van der Waals surface area (Å²) in [7, 11) is 0. The highest BCUT2D eigenvalue weighted by atomic mass is 32.1. The van der Waals surface area contributed by atoms with E-state index >= 15 is 0 Å². The summed E-state index contributed by atoms with van der Waals surface area (Å²) in [6, 6.07) is 10.9. The van der Waals surface area contributed by atoms with Crippen LogP contribution in [0.5, 0.6) is 0 Å². The standard InChI is InChI=1S/C22H25N3O3S/c1-15-8-10-24(11-9-15)18(19-7-4-12-29-19)13-23-20(26)14-25-21(27)16-5-2-3-6-17(16)22(25)28/h2-7,12,15,18H,8-11,13-14H2,1H3,(H,23,26)/t18-/m1/s1. The lowest BCUT2D eigenvalue weighted by Gasteiger charge is -2.36. The van der Waals surface area contributed by atoms with Crippen molar-refractivity contribution in [1.29, 1.82) is 0 Å². The summed E-state index contributed by atoms with van der Waals surface area (Å²) in [5, 5.41) is 5.01. The Labute approximate surface area is 174 Å². The molecule has 29 heavy (non-hydrogen) atoms. The van der Waals surface area contributed by atoms with E-state index in [1.165, 1.54) is 4.88 Å². The van der Waals surface area contributed by atoms with E-state index < -0.39 is 11.8 Å². The third-order valence-corrected chi connectivity index (χ3v) is 6.78. The second-order valence-corrected chi connectivity index (χ2v) is 8.78. The van der Waals surface area contributed by atoms with E-state index in [1.807, 2.05) is 6.07 Å². The van der Waals surface area contributed by atoms with Gasteiger partial charge in [-0.05, 0) is 55.4 Å². The predicted octanol–water partition coefficient (Wildman–Crippen LogP) is 2.93. The zero-order valence-electron chi connectivity index (χ0n) is 16.5. The quantitative estimate of drug-likeness (QED) is 0.742. The number of rotatable bonds is 6. The van der Waals surface area contributed by atoms with Crippen LogP contribution in [0.15, 0.2) is 41.8 Å². The minimum absolute atomic E-state index is 0.119. The number of piperidine rings is 1. The number of hydrogen-bond donors (Lipinski definition) is 1. The summed E-state index contributed by atoms with van der Waals surface area (Å²) in [6.07, 6.45) is 2.32. The molecule has 2 aliphatic rings. The number of carbonyl (C=O) groups excluding carboxylic acids is 3. The van der Waals surface area contributed by atoms with Crippen LogP contribution in [0, 0.1) is 5.92 Å². The lowest BCUT2D eigenvalue weighted by molar-refractivity contribution is -0.121. The summed E-state index contributed by atoms with van der Waals surface area (Å²) in [6.45, 7) is 4.52. The van der Waals surface area contributed by atoms with E-state index in [0.29, 0.717) is 17.7 Å². The van der Waals surface area contributed by atoms with Crippen LogP contribution in [0.3, 0.4) is 0 Å². The number of hydrogen-bond acceptors (Lipinski definition) is 5. The Hall–Kier alpha value is -2.51. The van der Waals surface area contributed by atoms with Crippen molar-refractivity contribution in [2.24, 2.45) is 5.92 Å². The topological polar surface area (TPSA) is 69.7 Å². The maximum atomic E-state index is 12.6. The normalized spacial score (nSPS) is 18.7. The first kappa shape index (κ1) is 19.8. The molecule has 0 radical (unpaired) electrons. The van der Waals surface area contributed by atoms with Gasteiger partial charge in [0.15, 0.2) is 0 Å². The fourth-order valence-electron chi connectivity index (χ4n) is 4.02. The maximum Gasteiger partial charge on any atom is 0.262 e. The van der Waals surface area contributed by atoms with Crippen LogP contribution in [-0.2, 0) is 4.79 Å². The predicted molar refractivity (Wildman–Crippen MR) is 112 cm³/mol. The minimum atomic E-state index is -0.402. The van der Waals surface area contributed by atoms with Crippen LogP contribution < -0.4 is 5.32 Å². The summed E-state index contributed by atoms with van der Waals surface area (Å²) in [4.78, 5) is 42.2. The monoisotopic (exact) mass is 411 g/mol. The molecule has 1 atom stereocenters. The van der Waals surface area contributed by atoms with Crippen LogP contribution in [0.4, 0.5) is 0 Å². The molecule has 1 fully saturated rings. The number of carbonyl (C=O) groups is 3. The van der Waals surface area contributed by atoms with Gasteiger partial charge in [-0.2, -0.15) is 0 Å². The Kier molecular flexibility index (Phi) is 5.78. The number of fused-ring (bicyclic) bond motifs is 1. The number of benzene rings is 1. The molecule has 0 bridgehead atoms. The molecule has 0 saturated carbocycles. The number of likely N-dealkylation sites (tertiary alicyclic amines) is 1. The molecule has 0 unspecified atom stereocenters. The molecular weight excluding hydrogens is 386 g/mol. The number of imide groups is 1. The lowest BCUT2D eigenvalue weighted by atomic mass is 9.97. The summed E-state index contributed by atoms with van der Waals surface area (Å²) >= 11 is 1.69. The van der Waals surface area contributed by atoms with Crippen LogP contribution in [-0.4, -0.2) is 53.7 Å². The molecule has 1 N–H and O–H groups in total. The first-order valence-corrected chi connectivity index (χ1v) is 10.9. The van der Waals surface area contributed by atoms with Crippen molar-refractivity contribution in [3.05, 3.63) is 57.8 Å². The molecule has 2 aromatic rings. The van der Waals surface area contributed by atoms with Crippen molar-refractivity contribution in [3.8, 4) is 0 Å². The fraction of sp³-hybridized carbons (Fsp3) is 0.409. The number of nitrogens with one attached hydrogen (secondary N) is 1. The average Bonchev–Trinajstić information content (AvgIpc) is 3.34. The molecular formula is C22H25N3O3S. The Morgan fingerprint density at radius 3 is 2.34 bits per heavy atom. The molecule has 6 nitrogen and oxygen atoms in total. The van der Waals surface area contributed by atoms with Gasteiger partial charge >= 0.3 is 0 Å². The average molecular weight is 412 g/mol. The number of amides is 3. The van der Waals surface area contributed by atoms with Crippen molar-refractivity contribution < 1.29 is 14.4 Å². The zero-order chi connectivity index (χ0) is 20.4. The molecule has 1 aromatic heterocycles. The highest BCUT2D eigenvalue weighted by molar-refractivity contribution is 7.10. The van der Waals surface area contributed by atoms with Crippen LogP contribution in [0.2, 0.25) is 0 Å². The van der Waals surface area contributed by atoms with Gasteiger partial charge in [-0.25, -0.2) is 0 Å². The third kappa shape index (κ3) is 4.11. The van der Waals surface area contributed by atoms with Gasteiger partial charge < -0.3 is 5.32 Å². The van der Waals surface area contributed by atoms with Gasteiger partial charge in [0.05, 0.1) is 17.2 Å². The summed E-state index contributed by atoms with van der Waals surface area (Å²) < 4.78 is 0. The summed E-state index contributed by atoms with van der Waals surface area (Å²) in [5.41, 5.74) is 0.730. The molecule has 1 aromatic carbocycles. The van der Waals surface area contributed by atoms with E-state index in [9.17, 15) is 14.4 Å². The van der Waals surface area contributed by atoms with E-state index in [2.05, 4.69) is 28.6 Å². The Bertz CT molecular complexity index is 869. The van der Waals surface area contributed by atoms with E-state index in [0.717, 1.165) is 36.7 Å². The highest BCUT2D eigenvalue weighted by Gasteiger charge is 2.36. The molecule has 7 heteroatoms. The van der Waals surface area contributed by atoms with Gasteiger partial charge in [-0.15, -0.1) is 11.3 Å². The van der Waals surface area contributed by atoms with E-state index in [1.54, 1.807) is 35.6 Å². The Balaban J connectivity index is 1.39. The summed E-state index contributed by atoms with van der Waals surface area (Å²) in [5.74, 6) is -0.383. The van der Waals surface area contributed by atoms with Gasteiger partial charge in [0, 0.05) is 11.4 Å². The second-order valence-electron chi connectivity index (χ2n) is 7.80. The van der Waals surface area contributed by atoms with Crippen molar-refractivity contribution in [2.45, 2.75) is 25.8 Å². The number of thiophene rings is 1. The van der Waals surface area contributed by atoms with E-state index in [-0.39, 0.29) is 18.5 Å². The van der Waals surface area contributed by atoms with Crippen molar-refractivity contribution in [3.63, 3.8) is 0 Å². The first-order valence-electron chi connectivity index (χ1n) is 10.0. The third-order valence-electron chi connectivity index (χ3n) is 5.80. The molecule has 4 rings (SSSR count). The van der Waals surface area contributed by atoms with Gasteiger partial charge in [-0.1, -0.05) is 25.1 Å². The lowest BCUT2D eigenvalue weighted by Crippen LogP contribution is -2.45. The second kappa shape index (κ2) is 8.47. The van der Waals surface area contributed by atoms with Crippen LogP contribution in [0.1, 0.15) is 51.4 Å². The van der Waals surface area contributed by atoms with E-state index in [4.69, 9.17) is 0 Å². The van der Waals surface area contributed by atoms with Gasteiger partial charge in [-0.3, -0.25) is 24.2 Å². The fourth-order valence-corrected chi connectivity index (χ4v) is 4.88. The van der Waals surface area contributed by atoms with Crippen LogP contribution in [0.25, 0.3) is 0 Å². The van der Waals surface area contributed by atoms with Crippen molar-refractivity contribution >= 4 is 29.1 Å². The highest BCUT2D eigenvalue weighted by Crippen LogP contribution is 2.29. The molecule has 152 valence electrons. The van der Waals surface area contributed by atoms with Crippen molar-refractivity contribution in [2.75, 3.05) is 26.2 Å².